The Morgan fingerprint density at radius 1 is 1.33 bits per heavy atom. The number of carbonyl (C=O) groups is 1. The second-order valence-corrected chi connectivity index (χ2v) is 4.68. The van der Waals surface area contributed by atoms with Crippen LogP contribution in [0.3, 0.4) is 0 Å². The molecule has 1 N–H and O–H groups in total. The summed E-state index contributed by atoms with van der Waals surface area (Å²) in [5.74, 6) is -0.805. The van der Waals surface area contributed by atoms with Gasteiger partial charge in [0.2, 0.25) is 0 Å². The second kappa shape index (κ2) is 5.80. The first-order valence-electron chi connectivity index (χ1n) is 5.84. The van der Waals surface area contributed by atoms with Gasteiger partial charge in [0.05, 0.1) is 16.1 Å². The van der Waals surface area contributed by atoms with E-state index in [1.165, 1.54) is 19.1 Å². The van der Waals surface area contributed by atoms with Crippen LogP contribution in [0.25, 0.3) is 0 Å². The highest BCUT2D eigenvalue weighted by molar-refractivity contribution is 6.30. The van der Waals surface area contributed by atoms with Crippen LogP contribution in [0.5, 0.6) is 11.5 Å². The Morgan fingerprint density at radius 3 is 2.62 bits per heavy atom. The molecule has 0 saturated carbocycles. The fourth-order valence-corrected chi connectivity index (χ4v) is 1.93. The van der Waals surface area contributed by atoms with Gasteiger partial charge in [-0.15, -0.1) is 0 Å². The van der Waals surface area contributed by atoms with E-state index in [0.717, 1.165) is 6.07 Å². The topological polar surface area (TPSA) is 89.7 Å². The molecule has 0 fully saturated rings. The molecule has 0 spiro atoms. The van der Waals surface area contributed by atoms with Gasteiger partial charge in [0, 0.05) is 11.1 Å². The normalized spacial score (nSPS) is 10.2. The van der Waals surface area contributed by atoms with Gasteiger partial charge in [-0.05, 0) is 31.2 Å². The van der Waals surface area contributed by atoms with Crippen LogP contribution in [0, 0.1) is 17.0 Å². The van der Waals surface area contributed by atoms with Crippen molar-refractivity contribution in [3.05, 3.63) is 62.7 Å². The van der Waals surface area contributed by atoms with Gasteiger partial charge >= 0.3 is 5.97 Å². The minimum absolute atomic E-state index is 0.101. The number of carboxylic acid groups (broad SMARTS) is 1. The van der Waals surface area contributed by atoms with E-state index in [1.807, 2.05) is 0 Å². The molecule has 0 saturated heterocycles. The SMILES string of the molecule is Cc1c(Oc2cccc(Cl)c2)cc(C(=O)O)cc1[N+](=O)[O-]. The van der Waals surface area contributed by atoms with Gasteiger partial charge in [0.25, 0.3) is 5.69 Å². The standard InChI is InChI=1S/C14H10ClNO5/c1-8-12(16(19)20)5-9(14(17)18)6-13(8)21-11-4-2-3-10(15)7-11/h2-7H,1H3,(H,17,18). The second-order valence-electron chi connectivity index (χ2n) is 4.24. The van der Waals surface area contributed by atoms with Crippen LogP contribution >= 0.6 is 11.6 Å². The van der Waals surface area contributed by atoms with Crippen molar-refractivity contribution in [1.82, 2.24) is 0 Å². The Kier molecular flexibility index (Phi) is 4.09. The Balaban J connectivity index is 2.51. The van der Waals surface area contributed by atoms with Crippen molar-refractivity contribution in [1.29, 1.82) is 0 Å². The molecule has 2 aromatic rings. The first-order valence-corrected chi connectivity index (χ1v) is 6.22. The summed E-state index contributed by atoms with van der Waals surface area (Å²) in [4.78, 5) is 21.4. The Morgan fingerprint density at radius 2 is 2.05 bits per heavy atom. The lowest BCUT2D eigenvalue weighted by atomic mass is 10.1. The van der Waals surface area contributed by atoms with E-state index in [1.54, 1.807) is 18.2 Å². The van der Waals surface area contributed by atoms with E-state index in [9.17, 15) is 14.9 Å². The summed E-state index contributed by atoms with van der Waals surface area (Å²) in [5, 5.41) is 20.4. The molecule has 0 heterocycles. The molecule has 2 aromatic carbocycles. The molecule has 0 aliphatic heterocycles. The van der Waals surface area contributed by atoms with Gasteiger partial charge in [-0.1, -0.05) is 17.7 Å². The number of benzene rings is 2. The Bertz CT molecular complexity index is 729. The largest absolute Gasteiger partial charge is 0.478 e. The molecule has 0 atom stereocenters. The number of ether oxygens (including phenoxy) is 1. The number of aromatic carboxylic acids is 1. The maximum atomic E-state index is 11.0. The van der Waals surface area contributed by atoms with Crippen molar-refractivity contribution in [3.8, 4) is 11.5 Å². The molecular formula is C14H10ClNO5. The molecule has 6 nitrogen and oxygen atoms in total. The van der Waals surface area contributed by atoms with E-state index >= 15 is 0 Å². The average Bonchev–Trinajstić information content (AvgIpc) is 2.40. The van der Waals surface area contributed by atoms with Gasteiger partial charge in [0.1, 0.15) is 11.5 Å². The highest BCUT2D eigenvalue weighted by atomic mass is 35.5. The number of carboxylic acids is 1. The fraction of sp³-hybridized carbons (Fsp3) is 0.0714. The number of nitro benzene ring substituents is 1. The first kappa shape index (κ1) is 14.8. The number of rotatable bonds is 4. The third kappa shape index (κ3) is 3.29. The zero-order valence-corrected chi connectivity index (χ0v) is 11.6. The summed E-state index contributed by atoms with van der Waals surface area (Å²) in [7, 11) is 0. The zero-order valence-electron chi connectivity index (χ0n) is 10.9. The molecule has 0 bridgehead atoms. The maximum absolute atomic E-state index is 11.0. The number of nitro groups is 1. The molecule has 2 rings (SSSR count). The van der Waals surface area contributed by atoms with Gasteiger partial charge in [0.15, 0.2) is 0 Å². The summed E-state index contributed by atoms with van der Waals surface area (Å²) in [6.45, 7) is 1.49. The lowest BCUT2D eigenvalue weighted by Crippen LogP contribution is -2.02. The fourth-order valence-electron chi connectivity index (χ4n) is 1.75. The number of halogens is 1. The van der Waals surface area contributed by atoms with Gasteiger partial charge in [-0.2, -0.15) is 0 Å². The van der Waals surface area contributed by atoms with Crippen molar-refractivity contribution in [2.45, 2.75) is 6.92 Å². The van der Waals surface area contributed by atoms with Crippen LogP contribution in [0.15, 0.2) is 36.4 Å². The summed E-state index contributed by atoms with van der Waals surface area (Å²) >= 11 is 5.83. The molecule has 0 aromatic heterocycles. The third-order valence-electron chi connectivity index (χ3n) is 2.80. The predicted octanol–water partition coefficient (Wildman–Crippen LogP) is 4.05. The van der Waals surface area contributed by atoms with E-state index < -0.39 is 10.9 Å². The lowest BCUT2D eigenvalue weighted by molar-refractivity contribution is -0.385. The smallest absolute Gasteiger partial charge is 0.336 e. The summed E-state index contributed by atoms with van der Waals surface area (Å²) < 4.78 is 5.52. The minimum Gasteiger partial charge on any atom is -0.478 e. The van der Waals surface area contributed by atoms with Crippen LogP contribution in [-0.4, -0.2) is 16.0 Å². The molecule has 0 radical (unpaired) electrons. The zero-order chi connectivity index (χ0) is 15.6. The molecule has 21 heavy (non-hydrogen) atoms. The van der Waals surface area contributed by atoms with Gasteiger partial charge in [-0.25, -0.2) is 4.79 Å². The monoisotopic (exact) mass is 307 g/mol. The average molecular weight is 308 g/mol. The van der Waals surface area contributed by atoms with Crippen LogP contribution in [0.1, 0.15) is 15.9 Å². The minimum atomic E-state index is -1.27. The Labute approximate surface area is 124 Å². The van der Waals surface area contributed by atoms with Gasteiger partial charge < -0.3 is 9.84 Å². The van der Waals surface area contributed by atoms with E-state index in [4.69, 9.17) is 21.4 Å². The van der Waals surface area contributed by atoms with Crippen LogP contribution in [-0.2, 0) is 0 Å². The molecule has 0 amide bonds. The third-order valence-corrected chi connectivity index (χ3v) is 3.04. The van der Waals surface area contributed by atoms with Crippen LogP contribution in [0.2, 0.25) is 5.02 Å². The highest BCUT2D eigenvalue weighted by Gasteiger charge is 2.20. The van der Waals surface area contributed by atoms with Crippen molar-refractivity contribution >= 4 is 23.3 Å². The lowest BCUT2D eigenvalue weighted by Gasteiger charge is -2.10. The first-order chi connectivity index (χ1) is 9.88. The van der Waals surface area contributed by atoms with Gasteiger partial charge in [-0.3, -0.25) is 10.1 Å². The van der Waals surface area contributed by atoms with Crippen molar-refractivity contribution < 1.29 is 19.6 Å². The predicted molar refractivity (Wildman–Crippen MR) is 76.3 cm³/mol. The van der Waals surface area contributed by atoms with Crippen molar-refractivity contribution in [2.24, 2.45) is 0 Å². The van der Waals surface area contributed by atoms with Crippen LogP contribution in [0.4, 0.5) is 5.69 Å². The summed E-state index contributed by atoms with van der Waals surface area (Å²) in [6.07, 6.45) is 0. The maximum Gasteiger partial charge on any atom is 0.336 e. The molecule has 0 aliphatic rings. The van der Waals surface area contributed by atoms with E-state index in [0.29, 0.717) is 10.8 Å². The van der Waals surface area contributed by atoms with E-state index in [-0.39, 0.29) is 22.6 Å². The van der Waals surface area contributed by atoms with E-state index in [2.05, 4.69) is 0 Å². The van der Waals surface area contributed by atoms with Crippen molar-refractivity contribution in [3.63, 3.8) is 0 Å². The summed E-state index contributed by atoms with van der Waals surface area (Å²) in [5.41, 5.74) is -0.291. The highest BCUT2D eigenvalue weighted by Crippen LogP contribution is 2.33. The number of hydrogen-bond acceptors (Lipinski definition) is 4. The summed E-state index contributed by atoms with van der Waals surface area (Å²) in [6, 6.07) is 8.69. The molecule has 0 aliphatic carbocycles. The number of nitrogens with zero attached hydrogens (tertiary/aromatic N) is 1. The molecule has 0 unspecified atom stereocenters. The number of hydrogen-bond donors (Lipinski definition) is 1. The quantitative estimate of drug-likeness (QED) is 0.680. The Hall–Kier alpha value is -2.60. The van der Waals surface area contributed by atoms with Crippen LogP contribution < -0.4 is 4.74 Å². The van der Waals surface area contributed by atoms with Crippen molar-refractivity contribution in [2.75, 3.05) is 0 Å². The molecule has 7 heteroatoms. The molecular weight excluding hydrogens is 298 g/mol. The molecule has 108 valence electrons.